The predicted octanol–water partition coefficient (Wildman–Crippen LogP) is 3.53. The topological polar surface area (TPSA) is 49.3 Å². The van der Waals surface area contributed by atoms with Crippen molar-refractivity contribution in [3.63, 3.8) is 0 Å². The Labute approximate surface area is 125 Å². The lowest BCUT2D eigenvalue weighted by molar-refractivity contribution is -0.139. The second kappa shape index (κ2) is 6.55. The molecule has 2 N–H and O–H groups in total. The molecule has 2 rings (SSSR count). The van der Waals surface area contributed by atoms with Crippen molar-refractivity contribution in [2.24, 2.45) is 0 Å². The number of carboxylic acids is 1. The molecule has 21 heavy (non-hydrogen) atoms. The van der Waals surface area contributed by atoms with Gasteiger partial charge in [-0.25, -0.2) is 0 Å². The lowest BCUT2D eigenvalue weighted by Gasteiger charge is -2.20. The Balaban J connectivity index is 2.26. The van der Waals surface area contributed by atoms with Crippen LogP contribution in [-0.2, 0) is 11.3 Å². The number of carbonyl (C=O) groups is 1. The molecule has 0 amide bonds. The molecule has 2 aromatic carbocycles. The van der Waals surface area contributed by atoms with Gasteiger partial charge in [0.05, 0.1) is 0 Å². The van der Waals surface area contributed by atoms with E-state index in [4.69, 9.17) is 0 Å². The van der Waals surface area contributed by atoms with Crippen LogP contribution in [0.3, 0.4) is 0 Å². The van der Waals surface area contributed by atoms with Crippen molar-refractivity contribution in [3.8, 4) is 0 Å². The number of aryl methyl sites for hydroxylation is 3. The molecule has 0 aliphatic heterocycles. The van der Waals surface area contributed by atoms with E-state index in [-0.39, 0.29) is 0 Å². The Morgan fingerprint density at radius 3 is 2.19 bits per heavy atom. The van der Waals surface area contributed by atoms with E-state index in [1.807, 2.05) is 63.2 Å². The average molecular weight is 283 g/mol. The van der Waals surface area contributed by atoms with Crippen molar-refractivity contribution in [1.82, 2.24) is 5.32 Å². The van der Waals surface area contributed by atoms with E-state index < -0.39 is 12.0 Å². The minimum atomic E-state index is -0.846. The number of hydrogen-bond acceptors (Lipinski definition) is 2. The summed E-state index contributed by atoms with van der Waals surface area (Å²) < 4.78 is 0. The Hall–Kier alpha value is -2.13. The van der Waals surface area contributed by atoms with Crippen molar-refractivity contribution in [2.45, 2.75) is 33.4 Å². The molecule has 0 heterocycles. The molecule has 0 aliphatic rings. The summed E-state index contributed by atoms with van der Waals surface area (Å²) in [4.78, 5) is 11.6. The molecule has 2 aromatic rings. The molecule has 0 aromatic heterocycles. The largest absolute Gasteiger partial charge is 0.480 e. The predicted molar refractivity (Wildman–Crippen MR) is 84.3 cm³/mol. The van der Waals surface area contributed by atoms with Crippen LogP contribution in [0.5, 0.6) is 0 Å². The number of rotatable bonds is 5. The molecule has 0 aliphatic carbocycles. The summed E-state index contributed by atoms with van der Waals surface area (Å²) in [7, 11) is 0. The molecule has 1 atom stereocenters. The zero-order valence-corrected chi connectivity index (χ0v) is 12.7. The third kappa shape index (κ3) is 3.70. The fraction of sp³-hybridized carbons (Fsp3) is 0.278. The van der Waals surface area contributed by atoms with Gasteiger partial charge >= 0.3 is 5.97 Å². The molecule has 3 heteroatoms. The molecule has 0 bridgehead atoms. The van der Waals surface area contributed by atoms with Gasteiger partial charge in [-0.15, -0.1) is 0 Å². The van der Waals surface area contributed by atoms with E-state index in [1.54, 1.807) is 0 Å². The first-order valence-electron chi connectivity index (χ1n) is 7.07. The van der Waals surface area contributed by atoms with Crippen molar-refractivity contribution in [3.05, 3.63) is 70.3 Å². The van der Waals surface area contributed by atoms with Gasteiger partial charge in [-0.05, 0) is 43.0 Å². The van der Waals surface area contributed by atoms with Gasteiger partial charge in [-0.1, -0.05) is 48.0 Å². The second-order valence-electron chi connectivity index (χ2n) is 5.45. The summed E-state index contributed by atoms with van der Waals surface area (Å²) in [5, 5.41) is 12.7. The summed E-state index contributed by atoms with van der Waals surface area (Å²) in [5.41, 5.74) is 5.12. The van der Waals surface area contributed by atoms with Crippen LogP contribution in [0.2, 0.25) is 0 Å². The Kier molecular flexibility index (Phi) is 4.76. The van der Waals surface area contributed by atoms with E-state index in [2.05, 4.69) is 5.32 Å². The highest BCUT2D eigenvalue weighted by atomic mass is 16.4. The number of nitrogens with one attached hydrogen (secondary N) is 1. The van der Waals surface area contributed by atoms with Gasteiger partial charge in [0.15, 0.2) is 0 Å². The molecule has 0 saturated heterocycles. The van der Waals surface area contributed by atoms with E-state index in [0.717, 1.165) is 27.8 Å². The highest BCUT2D eigenvalue weighted by Crippen LogP contribution is 2.24. The van der Waals surface area contributed by atoms with Crippen LogP contribution in [0, 0.1) is 20.8 Å². The maximum atomic E-state index is 11.6. The lowest BCUT2D eigenvalue weighted by Crippen LogP contribution is -2.29. The number of carboxylic acid groups (broad SMARTS) is 1. The highest BCUT2D eigenvalue weighted by molar-refractivity contribution is 5.76. The smallest absolute Gasteiger partial charge is 0.325 e. The lowest BCUT2D eigenvalue weighted by atomic mass is 9.94. The van der Waals surface area contributed by atoms with Crippen molar-refractivity contribution in [1.29, 1.82) is 0 Å². The van der Waals surface area contributed by atoms with Gasteiger partial charge < -0.3 is 5.11 Å². The van der Waals surface area contributed by atoms with Gasteiger partial charge in [0.2, 0.25) is 0 Å². The first kappa shape index (κ1) is 15.3. The molecule has 0 radical (unpaired) electrons. The molecule has 0 spiro atoms. The molecule has 0 fully saturated rings. The summed E-state index contributed by atoms with van der Waals surface area (Å²) >= 11 is 0. The second-order valence-corrected chi connectivity index (χ2v) is 5.45. The SMILES string of the molecule is Cc1cc(C)c(C(NCc2ccccc2)C(=O)O)c(C)c1. The molecule has 1 unspecified atom stereocenters. The average Bonchev–Trinajstić information content (AvgIpc) is 2.42. The van der Waals surface area contributed by atoms with Crippen molar-refractivity contribution in [2.75, 3.05) is 0 Å². The fourth-order valence-corrected chi connectivity index (χ4v) is 2.78. The van der Waals surface area contributed by atoms with Gasteiger partial charge in [-0.2, -0.15) is 0 Å². The first-order valence-corrected chi connectivity index (χ1v) is 7.07. The van der Waals surface area contributed by atoms with E-state index in [0.29, 0.717) is 6.54 Å². The van der Waals surface area contributed by atoms with E-state index in [1.165, 1.54) is 0 Å². The molecular formula is C18H21NO2. The van der Waals surface area contributed by atoms with E-state index in [9.17, 15) is 9.90 Å². The third-order valence-electron chi connectivity index (χ3n) is 3.63. The number of hydrogen-bond donors (Lipinski definition) is 2. The minimum Gasteiger partial charge on any atom is -0.480 e. The van der Waals surface area contributed by atoms with Crippen LogP contribution >= 0.6 is 0 Å². The summed E-state index contributed by atoms with van der Waals surface area (Å²) in [6.45, 7) is 6.49. The standard InChI is InChI=1S/C18H21NO2/c1-12-9-13(2)16(14(3)10-12)17(18(20)21)19-11-15-7-5-4-6-8-15/h4-10,17,19H,11H2,1-3H3,(H,20,21). The van der Waals surface area contributed by atoms with Crippen LogP contribution in [0.25, 0.3) is 0 Å². The van der Waals surface area contributed by atoms with Gasteiger partial charge in [-0.3, -0.25) is 10.1 Å². The zero-order chi connectivity index (χ0) is 15.4. The summed E-state index contributed by atoms with van der Waals surface area (Å²) in [5.74, 6) is -0.846. The van der Waals surface area contributed by atoms with Gasteiger partial charge in [0, 0.05) is 6.54 Å². The zero-order valence-electron chi connectivity index (χ0n) is 12.7. The molecule has 110 valence electrons. The fourth-order valence-electron chi connectivity index (χ4n) is 2.78. The molecule has 0 saturated carbocycles. The first-order chi connectivity index (χ1) is 9.99. The van der Waals surface area contributed by atoms with Crippen LogP contribution in [-0.4, -0.2) is 11.1 Å². The number of benzene rings is 2. The van der Waals surface area contributed by atoms with Crippen LogP contribution in [0.4, 0.5) is 0 Å². The number of aliphatic carboxylic acids is 1. The Bertz CT molecular complexity index is 612. The Morgan fingerprint density at radius 2 is 1.67 bits per heavy atom. The summed E-state index contributed by atoms with van der Waals surface area (Å²) in [6.07, 6.45) is 0. The van der Waals surface area contributed by atoms with E-state index >= 15 is 0 Å². The maximum absolute atomic E-state index is 11.6. The third-order valence-corrected chi connectivity index (χ3v) is 3.63. The quantitative estimate of drug-likeness (QED) is 0.882. The van der Waals surface area contributed by atoms with Crippen LogP contribution in [0.1, 0.15) is 33.9 Å². The minimum absolute atomic E-state index is 0.532. The Morgan fingerprint density at radius 1 is 1.10 bits per heavy atom. The normalized spacial score (nSPS) is 12.1. The van der Waals surface area contributed by atoms with Crippen molar-refractivity contribution >= 4 is 5.97 Å². The van der Waals surface area contributed by atoms with Gasteiger partial charge in [0.25, 0.3) is 0 Å². The van der Waals surface area contributed by atoms with Crippen LogP contribution in [0.15, 0.2) is 42.5 Å². The molecular weight excluding hydrogens is 262 g/mol. The highest BCUT2D eigenvalue weighted by Gasteiger charge is 2.23. The maximum Gasteiger partial charge on any atom is 0.325 e. The monoisotopic (exact) mass is 283 g/mol. The van der Waals surface area contributed by atoms with Crippen LogP contribution < -0.4 is 5.32 Å². The van der Waals surface area contributed by atoms with Gasteiger partial charge in [0.1, 0.15) is 6.04 Å². The van der Waals surface area contributed by atoms with Crippen molar-refractivity contribution < 1.29 is 9.90 Å². The summed E-state index contributed by atoms with van der Waals surface area (Å²) in [6, 6.07) is 13.2. The molecule has 3 nitrogen and oxygen atoms in total.